The van der Waals surface area contributed by atoms with Crippen LogP contribution >= 0.6 is 11.8 Å². The van der Waals surface area contributed by atoms with Crippen molar-refractivity contribution in [3.63, 3.8) is 0 Å². The number of nitrogens with zero attached hydrogens (tertiary/aromatic N) is 1. The second kappa shape index (κ2) is 7.00. The number of ether oxygens (including phenoxy) is 1. The summed E-state index contributed by atoms with van der Waals surface area (Å²) in [5.41, 5.74) is 1.88. The van der Waals surface area contributed by atoms with E-state index in [1.165, 1.54) is 19.2 Å². The van der Waals surface area contributed by atoms with Gasteiger partial charge in [-0.25, -0.2) is 4.39 Å². The Balaban J connectivity index is 2.40. The van der Waals surface area contributed by atoms with E-state index in [4.69, 9.17) is 4.74 Å². The van der Waals surface area contributed by atoms with Gasteiger partial charge < -0.3 is 10.1 Å². The topological polar surface area (TPSA) is 45.0 Å². The molecule has 2 aromatic carbocycles. The smallest absolute Gasteiger partial charge is 0.145 e. The largest absolute Gasteiger partial charge is 0.494 e. The number of nitrogens with one attached hydrogen (secondary N) is 1. The van der Waals surface area contributed by atoms with Crippen LogP contribution in [-0.4, -0.2) is 12.9 Å². The van der Waals surface area contributed by atoms with Crippen molar-refractivity contribution in [2.24, 2.45) is 0 Å². The molecule has 0 atom stereocenters. The first-order valence-electron chi connectivity index (χ1n) is 6.46. The zero-order chi connectivity index (χ0) is 15.2. The first-order chi connectivity index (χ1) is 10.2. The van der Waals surface area contributed by atoms with Crippen LogP contribution in [0.25, 0.3) is 0 Å². The Morgan fingerprint density at radius 2 is 2.10 bits per heavy atom. The maximum absolute atomic E-state index is 13.2. The molecule has 0 unspecified atom stereocenters. The van der Waals surface area contributed by atoms with Crippen LogP contribution in [0.1, 0.15) is 12.5 Å². The molecule has 21 heavy (non-hydrogen) atoms. The molecule has 0 bridgehead atoms. The van der Waals surface area contributed by atoms with Gasteiger partial charge in [0.2, 0.25) is 0 Å². The van der Waals surface area contributed by atoms with Gasteiger partial charge in [0, 0.05) is 11.0 Å². The van der Waals surface area contributed by atoms with Gasteiger partial charge in [-0.05, 0) is 30.0 Å². The standard InChI is InChI=1S/C16H15FN2OS/c1-3-21-16-6-4-5-13(12(16)10-18)19-14-8-7-11(17)9-15(14)20-2/h4-9,19H,3H2,1-2H3. The first-order valence-corrected chi connectivity index (χ1v) is 7.44. The van der Waals surface area contributed by atoms with Crippen molar-refractivity contribution in [1.82, 2.24) is 0 Å². The van der Waals surface area contributed by atoms with E-state index in [0.717, 1.165) is 10.6 Å². The summed E-state index contributed by atoms with van der Waals surface area (Å²) in [5, 5.41) is 12.5. The number of benzene rings is 2. The Morgan fingerprint density at radius 3 is 2.76 bits per heavy atom. The minimum atomic E-state index is -0.367. The molecule has 0 amide bonds. The number of anilines is 2. The van der Waals surface area contributed by atoms with Gasteiger partial charge in [0.15, 0.2) is 0 Å². The fraction of sp³-hybridized carbons (Fsp3) is 0.188. The van der Waals surface area contributed by atoms with Crippen LogP contribution in [0.4, 0.5) is 15.8 Å². The fourth-order valence-corrected chi connectivity index (χ4v) is 2.73. The average molecular weight is 302 g/mol. The maximum Gasteiger partial charge on any atom is 0.145 e. The summed E-state index contributed by atoms with van der Waals surface area (Å²) in [6.45, 7) is 2.04. The summed E-state index contributed by atoms with van der Waals surface area (Å²) in [6, 6.07) is 12.1. The van der Waals surface area contributed by atoms with Crippen LogP contribution in [0.5, 0.6) is 5.75 Å². The highest BCUT2D eigenvalue weighted by atomic mass is 32.2. The molecule has 0 aliphatic heterocycles. The van der Waals surface area contributed by atoms with Gasteiger partial charge in [0.1, 0.15) is 17.6 Å². The summed E-state index contributed by atoms with van der Waals surface area (Å²) < 4.78 is 18.4. The number of hydrogen-bond donors (Lipinski definition) is 1. The highest BCUT2D eigenvalue weighted by molar-refractivity contribution is 7.99. The number of halogens is 1. The second-order valence-electron chi connectivity index (χ2n) is 4.19. The van der Waals surface area contributed by atoms with E-state index in [1.807, 2.05) is 25.1 Å². The lowest BCUT2D eigenvalue weighted by Gasteiger charge is -2.14. The molecule has 0 aliphatic rings. The molecule has 0 radical (unpaired) electrons. The molecule has 0 saturated heterocycles. The van der Waals surface area contributed by atoms with Crippen LogP contribution in [0, 0.1) is 17.1 Å². The first kappa shape index (κ1) is 15.2. The Labute approximate surface area is 127 Å². The molecular formula is C16H15FN2OS. The van der Waals surface area contributed by atoms with E-state index in [2.05, 4.69) is 11.4 Å². The van der Waals surface area contributed by atoms with Gasteiger partial charge in [-0.3, -0.25) is 0 Å². The van der Waals surface area contributed by atoms with E-state index in [-0.39, 0.29) is 5.82 Å². The Hall–Kier alpha value is -2.19. The predicted octanol–water partition coefficient (Wildman–Crippen LogP) is 4.56. The molecule has 0 aliphatic carbocycles. The molecule has 108 valence electrons. The number of hydrogen-bond acceptors (Lipinski definition) is 4. The van der Waals surface area contributed by atoms with E-state index >= 15 is 0 Å². The van der Waals surface area contributed by atoms with Gasteiger partial charge in [-0.1, -0.05) is 13.0 Å². The van der Waals surface area contributed by atoms with E-state index < -0.39 is 0 Å². The number of thioether (sulfide) groups is 1. The Kier molecular flexibility index (Phi) is 5.07. The zero-order valence-electron chi connectivity index (χ0n) is 11.8. The summed E-state index contributed by atoms with van der Waals surface area (Å²) >= 11 is 1.61. The zero-order valence-corrected chi connectivity index (χ0v) is 12.6. The van der Waals surface area contributed by atoms with Gasteiger partial charge >= 0.3 is 0 Å². The highest BCUT2D eigenvalue weighted by Crippen LogP contribution is 2.33. The fourth-order valence-electron chi connectivity index (χ4n) is 1.94. The van der Waals surface area contributed by atoms with Gasteiger partial charge in [-0.15, -0.1) is 11.8 Å². The van der Waals surface area contributed by atoms with Crippen molar-refractivity contribution in [1.29, 1.82) is 5.26 Å². The number of nitriles is 1. The van der Waals surface area contributed by atoms with Crippen LogP contribution in [0.3, 0.4) is 0 Å². The molecule has 2 rings (SSSR count). The van der Waals surface area contributed by atoms with Crippen molar-refractivity contribution in [3.05, 3.63) is 47.8 Å². The molecule has 0 spiro atoms. The Morgan fingerprint density at radius 1 is 1.29 bits per heavy atom. The molecule has 1 N–H and O–H groups in total. The molecule has 0 saturated carbocycles. The van der Waals surface area contributed by atoms with E-state index in [1.54, 1.807) is 17.8 Å². The van der Waals surface area contributed by atoms with Gasteiger partial charge in [0.25, 0.3) is 0 Å². The van der Waals surface area contributed by atoms with Crippen LogP contribution in [0.15, 0.2) is 41.3 Å². The lowest BCUT2D eigenvalue weighted by atomic mass is 10.2. The van der Waals surface area contributed by atoms with Crippen LogP contribution in [-0.2, 0) is 0 Å². The quantitative estimate of drug-likeness (QED) is 0.822. The minimum absolute atomic E-state index is 0.367. The summed E-state index contributed by atoms with van der Waals surface area (Å²) in [4.78, 5) is 0.922. The second-order valence-corrected chi connectivity index (χ2v) is 5.50. The van der Waals surface area contributed by atoms with Gasteiger partial charge in [0.05, 0.1) is 24.0 Å². The van der Waals surface area contributed by atoms with Crippen molar-refractivity contribution in [2.45, 2.75) is 11.8 Å². The maximum atomic E-state index is 13.2. The molecule has 5 heteroatoms. The summed E-state index contributed by atoms with van der Waals surface area (Å²) in [6.07, 6.45) is 0. The molecular weight excluding hydrogens is 287 g/mol. The van der Waals surface area contributed by atoms with E-state index in [0.29, 0.717) is 22.7 Å². The van der Waals surface area contributed by atoms with E-state index in [9.17, 15) is 9.65 Å². The third-order valence-electron chi connectivity index (χ3n) is 2.87. The molecule has 0 fully saturated rings. The van der Waals surface area contributed by atoms with Crippen molar-refractivity contribution in [2.75, 3.05) is 18.2 Å². The highest BCUT2D eigenvalue weighted by Gasteiger charge is 2.11. The number of rotatable bonds is 5. The average Bonchev–Trinajstić information content (AvgIpc) is 2.49. The van der Waals surface area contributed by atoms with Crippen molar-refractivity contribution in [3.8, 4) is 11.8 Å². The van der Waals surface area contributed by atoms with Crippen molar-refractivity contribution < 1.29 is 9.13 Å². The van der Waals surface area contributed by atoms with Crippen molar-refractivity contribution >= 4 is 23.1 Å². The molecule has 3 nitrogen and oxygen atoms in total. The predicted molar refractivity (Wildman–Crippen MR) is 83.8 cm³/mol. The SMILES string of the molecule is CCSc1cccc(Nc2ccc(F)cc2OC)c1C#N. The van der Waals surface area contributed by atoms with Gasteiger partial charge in [-0.2, -0.15) is 5.26 Å². The third-order valence-corrected chi connectivity index (χ3v) is 3.81. The number of methoxy groups -OCH3 is 1. The monoisotopic (exact) mass is 302 g/mol. The van der Waals surface area contributed by atoms with Crippen LogP contribution < -0.4 is 10.1 Å². The third kappa shape index (κ3) is 3.47. The minimum Gasteiger partial charge on any atom is -0.494 e. The normalized spacial score (nSPS) is 10.0. The molecule has 0 aromatic heterocycles. The Bertz CT molecular complexity index is 682. The lowest BCUT2D eigenvalue weighted by Crippen LogP contribution is -1.98. The van der Waals surface area contributed by atoms with Crippen LogP contribution in [0.2, 0.25) is 0 Å². The summed E-state index contributed by atoms with van der Waals surface area (Å²) in [7, 11) is 1.48. The lowest BCUT2D eigenvalue weighted by molar-refractivity contribution is 0.413. The summed E-state index contributed by atoms with van der Waals surface area (Å²) in [5.74, 6) is 0.915. The molecule has 2 aromatic rings. The molecule has 0 heterocycles.